The Balaban J connectivity index is 1.60. The van der Waals surface area contributed by atoms with Gasteiger partial charge in [0.2, 0.25) is 17.7 Å². The summed E-state index contributed by atoms with van der Waals surface area (Å²) in [5.41, 5.74) is 3.17. The van der Waals surface area contributed by atoms with E-state index in [9.17, 15) is 4.79 Å². The Kier molecular flexibility index (Phi) is 7.63. The van der Waals surface area contributed by atoms with Crippen LogP contribution in [0.3, 0.4) is 0 Å². The number of benzene rings is 1. The highest BCUT2D eigenvalue weighted by molar-refractivity contribution is 5.98. The molecule has 0 bridgehead atoms. The van der Waals surface area contributed by atoms with Gasteiger partial charge in [-0.15, -0.1) is 0 Å². The highest BCUT2D eigenvalue weighted by atomic mass is 16.5. The van der Waals surface area contributed by atoms with Gasteiger partial charge in [-0.2, -0.15) is 10.1 Å². The molecule has 0 radical (unpaired) electrons. The third-order valence-corrected chi connectivity index (χ3v) is 4.98. The molecule has 0 fully saturated rings. The Labute approximate surface area is 197 Å². The van der Waals surface area contributed by atoms with Gasteiger partial charge >= 0.3 is 0 Å². The molecule has 1 amide bonds. The lowest BCUT2D eigenvalue weighted by Crippen LogP contribution is -2.08. The monoisotopic (exact) mass is 462 g/mol. The SMILES string of the molecule is C=CC(=O)Nc1cccc(Oc2nc(Nc3cnn(CCOC)c3)ncc2C2=CCOCC2)c1. The largest absolute Gasteiger partial charge is 0.438 e. The summed E-state index contributed by atoms with van der Waals surface area (Å²) in [4.78, 5) is 20.8. The minimum absolute atomic E-state index is 0.301. The van der Waals surface area contributed by atoms with Crippen LogP contribution >= 0.6 is 0 Å². The summed E-state index contributed by atoms with van der Waals surface area (Å²) in [6.07, 6.45) is 9.23. The topological polar surface area (TPSA) is 112 Å². The van der Waals surface area contributed by atoms with Crippen molar-refractivity contribution < 1.29 is 19.0 Å². The molecular formula is C24H26N6O4. The molecule has 0 aliphatic carbocycles. The van der Waals surface area contributed by atoms with Crippen LogP contribution in [0.25, 0.3) is 5.57 Å². The first-order chi connectivity index (χ1) is 16.6. The second-order valence-electron chi connectivity index (χ2n) is 7.40. The number of ether oxygens (including phenoxy) is 3. The molecule has 10 nitrogen and oxygen atoms in total. The molecule has 1 aromatic carbocycles. The van der Waals surface area contributed by atoms with E-state index in [-0.39, 0.29) is 5.91 Å². The van der Waals surface area contributed by atoms with Crippen molar-refractivity contribution in [1.82, 2.24) is 19.7 Å². The van der Waals surface area contributed by atoms with E-state index in [0.717, 1.165) is 23.2 Å². The molecule has 3 heterocycles. The second-order valence-corrected chi connectivity index (χ2v) is 7.40. The maximum absolute atomic E-state index is 11.7. The number of hydrogen-bond donors (Lipinski definition) is 2. The zero-order chi connectivity index (χ0) is 23.8. The summed E-state index contributed by atoms with van der Waals surface area (Å²) in [5.74, 6) is 0.982. The first-order valence-corrected chi connectivity index (χ1v) is 10.8. The van der Waals surface area contributed by atoms with Crippen molar-refractivity contribution >= 4 is 28.8 Å². The third kappa shape index (κ3) is 6.06. The van der Waals surface area contributed by atoms with E-state index in [1.807, 2.05) is 12.3 Å². The molecule has 0 spiro atoms. The van der Waals surface area contributed by atoms with Gasteiger partial charge in [-0.25, -0.2) is 4.98 Å². The number of aromatic nitrogens is 4. The van der Waals surface area contributed by atoms with Crippen LogP contribution in [0.4, 0.5) is 17.3 Å². The van der Waals surface area contributed by atoms with Crippen LogP contribution in [0.5, 0.6) is 11.6 Å². The lowest BCUT2D eigenvalue weighted by Gasteiger charge is -2.17. The number of nitrogens with one attached hydrogen (secondary N) is 2. The van der Waals surface area contributed by atoms with Gasteiger partial charge in [0.05, 0.1) is 43.8 Å². The van der Waals surface area contributed by atoms with Crippen LogP contribution in [0, 0.1) is 0 Å². The van der Waals surface area contributed by atoms with Crippen LogP contribution in [-0.2, 0) is 20.8 Å². The first-order valence-electron chi connectivity index (χ1n) is 10.8. The Morgan fingerprint density at radius 2 is 2.24 bits per heavy atom. The van der Waals surface area contributed by atoms with Crippen molar-refractivity contribution in [1.29, 1.82) is 0 Å². The summed E-state index contributed by atoms with van der Waals surface area (Å²) >= 11 is 0. The normalized spacial score (nSPS) is 13.1. The van der Waals surface area contributed by atoms with E-state index >= 15 is 0 Å². The lowest BCUT2D eigenvalue weighted by molar-refractivity contribution is -0.111. The fraction of sp³-hybridized carbons (Fsp3) is 0.250. The van der Waals surface area contributed by atoms with Crippen molar-refractivity contribution in [3.8, 4) is 11.6 Å². The summed E-state index contributed by atoms with van der Waals surface area (Å²) in [5, 5.41) is 10.2. The molecular weight excluding hydrogens is 436 g/mol. The highest BCUT2D eigenvalue weighted by Gasteiger charge is 2.17. The fourth-order valence-electron chi connectivity index (χ4n) is 3.30. The maximum Gasteiger partial charge on any atom is 0.247 e. The van der Waals surface area contributed by atoms with Crippen LogP contribution in [0.2, 0.25) is 0 Å². The molecule has 2 N–H and O–H groups in total. The zero-order valence-corrected chi connectivity index (χ0v) is 18.9. The molecule has 4 rings (SSSR count). The zero-order valence-electron chi connectivity index (χ0n) is 18.9. The van der Waals surface area contributed by atoms with Crippen LogP contribution in [0.1, 0.15) is 12.0 Å². The molecule has 0 atom stereocenters. The van der Waals surface area contributed by atoms with Crippen molar-refractivity contribution in [3.05, 3.63) is 67.2 Å². The van der Waals surface area contributed by atoms with E-state index in [0.29, 0.717) is 49.6 Å². The summed E-state index contributed by atoms with van der Waals surface area (Å²) < 4.78 is 18.5. The summed E-state index contributed by atoms with van der Waals surface area (Å²) in [6, 6.07) is 7.07. The third-order valence-electron chi connectivity index (χ3n) is 4.98. The van der Waals surface area contributed by atoms with E-state index in [2.05, 4.69) is 32.3 Å². The van der Waals surface area contributed by atoms with E-state index in [1.54, 1.807) is 48.5 Å². The molecule has 0 saturated carbocycles. The van der Waals surface area contributed by atoms with Gasteiger partial charge in [-0.05, 0) is 30.2 Å². The Morgan fingerprint density at radius 3 is 3.03 bits per heavy atom. The number of rotatable bonds is 10. The molecule has 176 valence electrons. The van der Waals surface area contributed by atoms with Crippen LogP contribution in [0.15, 0.2) is 61.6 Å². The first kappa shape index (κ1) is 23.1. The predicted molar refractivity (Wildman–Crippen MR) is 128 cm³/mol. The molecule has 1 aliphatic rings. The quantitative estimate of drug-likeness (QED) is 0.438. The van der Waals surface area contributed by atoms with E-state index in [4.69, 9.17) is 14.2 Å². The van der Waals surface area contributed by atoms with Crippen molar-refractivity contribution in [2.45, 2.75) is 13.0 Å². The van der Waals surface area contributed by atoms with Gasteiger partial charge in [-0.1, -0.05) is 18.7 Å². The predicted octanol–water partition coefficient (Wildman–Crippen LogP) is 3.78. The average molecular weight is 463 g/mol. The summed E-state index contributed by atoms with van der Waals surface area (Å²) in [7, 11) is 1.65. The fourth-order valence-corrected chi connectivity index (χ4v) is 3.30. The van der Waals surface area contributed by atoms with Gasteiger partial charge in [-0.3, -0.25) is 9.48 Å². The van der Waals surface area contributed by atoms with Crippen LogP contribution < -0.4 is 15.4 Å². The molecule has 10 heteroatoms. The van der Waals surface area contributed by atoms with E-state index in [1.165, 1.54) is 6.08 Å². The Hall–Kier alpha value is -4.02. The molecule has 34 heavy (non-hydrogen) atoms. The minimum atomic E-state index is -0.301. The molecule has 0 saturated heterocycles. The summed E-state index contributed by atoms with van der Waals surface area (Å²) in [6.45, 7) is 5.83. The highest BCUT2D eigenvalue weighted by Crippen LogP contribution is 2.33. The standard InChI is InChI=1S/C24H26N6O4/c1-3-22(31)27-18-5-4-6-20(13-18)34-23-21(17-7-10-33-11-8-17)15-25-24(29-23)28-19-14-26-30(16-19)9-12-32-2/h3-7,13-16H,1,8-12H2,2H3,(H,27,31)(H,25,28,29). The van der Waals surface area contributed by atoms with Crippen molar-refractivity contribution in [3.63, 3.8) is 0 Å². The molecule has 1 aliphatic heterocycles. The minimum Gasteiger partial charge on any atom is -0.438 e. The van der Waals surface area contributed by atoms with Crippen molar-refractivity contribution in [2.24, 2.45) is 0 Å². The number of amides is 1. The Morgan fingerprint density at radius 1 is 1.32 bits per heavy atom. The number of hydrogen-bond acceptors (Lipinski definition) is 8. The maximum atomic E-state index is 11.7. The lowest BCUT2D eigenvalue weighted by atomic mass is 10.0. The van der Waals surface area contributed by atoms with Crippen molar-refractivity contribution in [2.75, 3.05) is 37.6 Å². The van der Waals surface area contributed by atoms with Gasteiger partial charge < -0.3 is 24.8 Å². The number of carbonyl (C=O) groups is 1. The van der Waals surface area contributed by atoms with Gasteiger partial charge in [0, 0.05) is 31.3 Å². The van der Waals surface area contributed by atoms with Crippen LogP contribution in [-0.4, -0.2) is 52.6 Å². The van der Waals surface area contributed by atoms with Gasteiger partial charge in [0.1, 0.15) is 5.75 Å². The van der Waals surface area contributed by atoms with Gasteiger partial charge in [0.25, 0.3) is 0 Å². The average Bonchev–Trinajstić information content (AvgIpc) is 3.30. The molecule has 2 aromatic heterocycles. The molecule has 3 aromatic rings. The Bertz CT molecular complexity index is 1190. The van der Waals surface area contributed by atoms with E-state index < -0.39 is 0 Å². The number of methoxy groups -OCH3 is 1. The number of nitrogens with zero attached hydrogens (tertiary/aromatic N) is 4. The van der Waals surface area contributed by atoms with Gasteiger partial charge in [0.15, 0.2) is 0 Å². The number of carbonyl (C=O) groups excluding carboxylic acids is 1. The smallest absolute Gasteiger partial charge is 0.247 e. The molecule has 0 unspecified atom stereocenters. The number of anilines is 3. The second kappa shape index (κ2) is 11.2.